The summed E-state index contributed by atoms with van der Waals surface area (Å²) in [7, 11) is -2.77. The SMILES string of the molecule is COC(=O)c1ccc(OC(=O)NS(=O)(=O)c2ccc(C)cc2)cc1. The molecule has 2 rings (SSSR count). The molecule has 2 aromatic rings. The summed E-state index contributed by atoms with van der Waals surface area (Å²) in [6.07, 6.45) is -1.15. The van der Waals surface area contributed by atoms with Gasteiger partial charge in [0, 0.05) is 0 Å². The number of aryl methyl sites for hydroxylation is 1. The zero-order valence-corrected chi connectivity index (χ0v) is 13.8. The van der Waals surface area contributed by atoms with E-state index in [0.717, 1.165) is 5.56 Å². The Morgan fingerprint density at radius 1 is 0.958 bits per heavy atom. The number of amides is 1. The fourth-order valence-corrected chi connectivity index (χ4v) is 2.66. The number of carbonyl (C=O) groups is 2. The Labute approximate surface area is 139 Å². The van der Waals surface area contributed by atoms with Crippen molar-refractivity contribution in [3.8, 4) is 5.75 Å². The summed E-state index contributed by atoms with van der Waals surface area (Å²) >= 11 is 0. The van der Waals surface area contributed by atoms with Gasteiger partial charge in [-0.3, -0.25) is 0 Å². The van der Waals surface area contributed by atoms with E-state index in [1.165, 1.54) is 43.5 Å². The van der Waals surface area contributed by atoms with Crippen LogP contribution in [0.1, 0.15) is 15.9 Å². The molecule has 0 heterocycles. The van der Waals surface area contributed by atoms with Gasteiger partial charge in [0.25, 0.3) is 10.0 Å². The van der Waals surface area contributed by atoms with Crippen molar-refractivity contribution in [1.29, 1.82) is 0 Å². The quantitative estimate of drug-likeness (QED) is 0.850. The molecule has 1 amide bonds. The van der Waals surface area contributed by atoms with Gasteiger partial charge in [-0.1, -0.05) is 17.7 Å². The summed E-state index contributed by atoms with van der Waals surface area (Å²) in [6, 6.07) is 11.5. The number of hydrogen-bond acceptors (Lipinski definition) is 6. The van der Waals surface area contributed by atoms with Crippen molar-refractivity contribution in [2.24, 2.45) is 0 Å². The molecule has 0 saturated carbocycles. The maximum atomic E-state index is 12.1. The molecule has 7 nitrogen and oxygen atoms in total. The predicted octanol–water partition coefficient (Wildman–Crippen LogP) is 2.26. The van der Waals surface area contributed by atoms with E-state index in [1.807, 2.05) is 11.6 Å². The topological polar surface area (TPSA) is 98.8 Å². The average molecular weight is 349 g/mol. The van der Waals surface area contributed by atoms with Gasteiger partial charge >= 0.3 is 12.1 Å². The Morgan fingerprint density at radius 3 is 2.08 bits per heavy atom. The molecule has 0 aromatic heterocycles. The molecule has 1 N–H and O–H groups in total. The van der Waals surface area contributed by atoms with Crippen LogP contribution in [0.4, 0.5) is 4.79 Å². The minimum atomic E-state index is -4.02. The second-order valence-corrected chi connectivity index (χ2v) is 6.51. The van der Waals surface area contributed by atoms with Crippen LogP contribution in [0.15, 0.2) is 53.4 Å². The smallest absolute Gasteiger partial charge is 0.426 e. The van der Waals surface area contributed by atoms with Gasteiger partial charge in [-0.2, -0.15) is 0 Å². The maximum Gasteiger partial charge on any atom is 0.426 e. The van der Waals surface area contributed by atoms with Gasteiger partial charge in [0.2, 0.25) is 0 Å². The van der Waals surface area contributed by atoms with Crippen molar-refractivity contribution < 1.29 is 27.5 Å². The summed E-state index contributed by atoms with van der Waals surface area (Å²) in [5.41, 5.74) is 1.17. The van der Waals surface area contributed by atoms with Gasteiger partial charge in [0.1, 0.15) is 5.75 Å². The standard InChI is InChI=1S/C16H15NO6S/c1-11-3-9-14(10-4-11)24(20,21)17-16(19)23-13-7-5-12(6-8-13)15(18)22-2/h3-10H,1-2H3,(H,17,19). The van der Waals surface area contributed by atoms with Crippen LogP contribution >= 0.6 is 0 Å². The van der Waals surface area contributed by atoms with Gasteiger partial charge < -0.3 is 9.47 Å². The van der Waals surface area contributed by atoms with Gasteiger partial charge in [0.05, 0.1) is 17.6 Å². The molecule has 0 unspecified atom stereocenters. The van der Waals surface area contributed by atoms with Gasteiger partial charge in [-0.05, 0) is 43.3 Å². The normalized spacial score (nSPS) is 10.8. The summed E-state index contributed by atoms with van der Waals surface area (Å²) < 4.78 is 35.3. The molecule has 8 heteroatoms. The molecule has 0 saturated heterocycles. The van der Waals surface area contributed by atoms with E-state index in [4.69, 9.17) is 4.74 Å². The summed E-state index contributed by atoms with van der Waals surface area (Å²) in [4.78, 5) is 23.0. The molecule has 0 spiro atoms. The Kier molecular flexibility index (Phi) is 5.20. The fourth-order valence-electron chi connectivity index (χ4n) is 1.79. The third kappa shape index (κ3) is 4.32. The Morgan fingerprint density at radius 2 is 1.54 bits per heavy atom. The minimum Gasteiger partial charge on any atom is -0.465 e. The maximum absolute atomic E-state index is 12.1. The molecule has 0 aliphatic heterocycles. The molecule has 0 atom stereocenters. The molecular formula is C16H15NO6S. The van der Waals surface area contributed by atoms with Gasteiger partial charge in [-0.25, -0.2) is 22.7 Å². The van der Waals surface area contributed by atoms with Crippen molar-refractivity contribution >= 4 is 22.1 Å². The van der Waals surface area contributed by atoms with Crippen LogP contribution in [-0.4, -0.2) is 27.6 Å². The van der Waals surface area contributed by atoms with Crippen molar-refractivity contribution in [2.75, 3.05) is 7.11 Å². The predicted molar refractivity (Wildman–Crippen MR) is 85.3 cm³/mol. The number of rotatable bonds is 4. The van der Waals surface area contributed by atoms with Crippen LogP contribution in [0, 0.1) is 6.92 Å². The summed E-state index contributed by atoms with van der Waals surface area (Å²) in [6.45, 7) is 1.82. The lowest BCUT2D eigenvalue weighted by Gasteiger charge is -2.08. The van der Waals surface area contributed by atoms with Crippen molar-refractivity contribution in [3.63, 3.8) is 0 Å². The van der Waals surface area contributed by atoms with E-state index in [2.05, 4.69) is 4.74 Å². The molecule has 0 radical (unpaired) electrons. The fraction of sp³-hybridized carbons (Fsp3) is 0.125. The number of ether oxygens (including phenoxy) is 2. The number of carbonyl (C=O) groups excluding carboxylic acids is 2. The van der Waals surface area contributed by atoms with E-state index in [9.17, 15) is 18.0 Å². The second-order valence-electron chi connectivity index (χ2n) is 4.82. The molecular weight excluding hydrogens is 334 g/mol. The third-order valence-corrected chi connectivity index (χ3v) is 4.36. The Balaban J connectivity index is 2.04. The third-order valence-electron chi connectivity index (χ3n) is 3.03. The van der Waals surface area contributed by atoms with Crippen LogP contribution in [0.25, 0.3) is 0 Å². The number of esters is 1. The summed E-state index contributed by atoms with van der Waals surface area (Å²) in [5.74, 6) is -0.452. The molecule has 0 fully saturated rings. The van der Waals surface area contributed by atoms with Crippen LogP contribution in [0.2, 0.25) is 0 Å². The van der Waals surface area contributed by atoms with Crippen LogP contribution in [-0.2, 0) is 14.8 Å². The molecule has 0 aliphatic rings. The summed E-state index contributed by atoms with van der Waals surface area (Å²) in [5, 5.41) is 0. The van der Waals surface area contributed by atoms with E-state index in [1.54, 1.807) is 12.1 Å². The van der Waals surface area contributed by atoms with E-state index in [0.29, 0.717) is 0 Å². The molecule has 2 aromatic carbocycles. The monoisotopic (exact) mass is 349 g/mol. The molecule has 126 valence electrons. The van der Waals surface area contributed by atoms with E-state index >= 15 is 0 Å². The number of hydrogen-bond donors (Lipinski definition) is 1. The molecule has 0 bridgehead atoms. The lowest BCUT2D eigenvalue weighted by Crippen LogP contribution is -2.33. The van der Waals surface area contributed by atoms with Crippen LogP contribution in [0.5, 0.6) is 5.75 Å². The zero-order chi connectivity index (χ0) is 17.7. The van der Waals surface area contributed by atoms with E-state index < -0.39 is 22.1 Å². The number of nitrogens with one attached hydrogen (secondary N) is 1. The van der Waals surface area contributed by atoms with Crippen molar-refractivity contribution in [2.45, 2.75) is 11.8 Å². The highest BCUT2D eigenvalue weighted by atomic mass is 32.2. The minimum absolute atomic E-state index is 0.0499. The van der Waals surface area contributed by atoms with Gasteiger partial charge in [-0.15, -0.1) is 0 Å². The zero-order valence-electron chi connectivity index (χ0n) is 13.0. The van der Waals surface area contributed by atoms with Crippen LogP contribution < -0.4 is 9.46 Å². The lowest BCUT2D eigenvalue weighted by molar-refractivity contribution is 0.0600. The Hall–Kier alpha value is -2.87. The first-order valence-electron chi connectivity index (χ1n) is 6.81. The highest BCUT2D eigenvalue weighted by Crippen LogP contribution is 2.14. The highest BCUT2D eigenvalue weighted by Gasteiger charge is 2.19. The van der Waals surface area contributed by atoms with Crippen molar-refractivity contribution in [1.82, 2.24) is 4.72 Å². The number of methoxy groups -OCH3 is 1. The van der Waals surface area contributed by atoms with Crippen molar-refractivity contribution in [3.05, 3.63) is 59.7 Å². The average Bonchev–Trinajstić information content (AvgIpc) is 2.54. The first kappa shape index (κ1) is 17.5. The second kappa shape index (κ2) is 7.14. The lowest BCUT2D eigenvalue weighted by atomic mass is 10.2. The number of benzene rings is 2. The first-order valence-corrected chi connectivity index (χ1v) is 8.30. The highest BCUT2D eigenvalue weighted by molar-refractivity contribution is 7.90. The number of sulfonamides is 1. The van der Waals surface area contributed by atoms with Crippen LogP contribution in [0.3, 0.4) is 0 Å². The molecule has 24 heavy (non-hydrogen) atoms. The Bertz CT molecular complexity index is 841. The van der Waals surface area contributed by atoms with E-state index in [-0.39, 0.29) is 16.2 Å². The first-order chi connectivity index (χ1) is 11.3. The largest absolute Gasteiger partial charge is 0.465 e. The van der Waals surface area contributed by atoms with Gasteiger partial charge in [0.15, 0.2) is 0 Å². The molecule has 0 aliphatic carbocycles.